The average molecular weight is 1850 g/mol. The number of carboxylic acids is 1. The molecule has 9 heterocycles. The van der Waals surface area contributed by atoms with Gasteiger partial charge in [0.15, 0.2) is 30.1 Å². The summed E-state index contributed by atoms with van der Waals surface area (Å²) in [4.78, 5) is 125. The lowest BCUT2D eigenvalue weighted by molar-refractivity contribution is -0.350. The minimum atomic E-state index is -2.43. The number of pyridine rings is 1. The number of phenols is 3. The van der Waals surface area contributed by atoms with Gasteiger partial charge >= 0.3 is 5.97 Å². The number of carbonyl (C=O) groups is 8. The Bertz CT molecular complexity index is 5340. The number of fused-ring (bicyclic) bond motifs is 15. The standard InChI is InChI=1S/C84H93Cl4N11O28/c1-31(2)16-47(91-5)75(112)98-63-65(105)36-9-14-51(44(87)19-36)121-53-21-38-22-54(72(53)126-83-70(110)68(108)73(56(30-100)124-83)127-82-69(109)67(107)66(106)55(123-82)29-92-27-33-6-12-46(93-28-33)34-7-11-42(85)43(86)18-34)122-52-15-10-37(20-45(52)88)71(125-58-26-84(4,90)74(111)32(3)120-58)64-80(117)97-62(81(118)119)41-23-39(101)24-50(103)59(41)40-17-35(8-13-49(40)102)60(77(114)99-64)96-78(115)61(38)95-76(113)48(25-57(89)104)94-79(63)116/h6-15,17-24,28,31-32,47-48,55-56,58,60-71,73-74,82-83,91-92,100-103,105-111H,16,25-27,29-30,90H2,1-5H3,(H2,89,104)(H,94,116)(H,95,113)(H,96,115)(H,97,117)(H,98,112)(H,99,114)(H,118,119)/t32-,47+,48+,55+,56+,58-,60+,61+,62+,63?,64-,65+,66-,67-,68+,69+,70+,71+,73+,74-,82-,83-,84-/m0/s1. The number of halogens is 4. The van der Waals surface area contributed by atoms with Crippen LogP contribution in [0.25, 0.3) is 22.4 Å². The van der Waals surface area contributed by atoms with E-state index in [1.807, 2.05) is 0 Å². The largest absolute Gasteiger partial charge is 0.508 e. The summed E-state index contributed by atoms with van der Waals surface area (Å²) in [6.45, 7) is 5.30. The molecular weight excluding hydrogens is 1750 g/mol. The Morgan fingerprint density at radius 1 is 0.646 bits per heavy atom. The third-order valence-corrected chi connectivity index (χ3v) is 23.7. The Kier molecular flexibility index (Phi) is 29.1. The van der Waals surface area contributed by atoms with Crippen LogP contribution in [0.4, 0.5) is 0 Å². The SMILES string of the molecule is CN[C@H](CC(C)C)C(=O)NC1C(=O)N[C@H](CC(N)=O)C(=O)N[C@H]2C(=O)N[C@H]3C(=O)N[C@H](C(=O)N[C@@H](C(=O)O)c4cc(O)cc(O)c4-c4cc3ccc4O)[C@H](O[C@H]3C[C@](C)(N)[C@@H](O)[C@H](C)O3)c3ccc(c(Cl)c3)Oc3cc2cc(c3O[C@@H]2O[C@H](CO)[C@@H](O[C@@H]3O[C@H](CNCc4ccc(-c5ccc(Cl)c(Cl)c5)nc4)[C@H](O)[C@H](O)[C@H]3O)[C@H](O)[C@H]2O)Oc2ccc(cc2Cl)[C@H]1O. The molecule has 0 spiro atoms. The number of likely N-dealkylation sites (N-methyl/N-ethyl adjacent to an activating group) is 1. The maximum absolute atomic E-state index is 16.4. The Hall–Kier alpha value is -10.5. The average Bonchev–Trinajstić information content (AvgIpc) is 0.760. The van der Waals surface area contributed by atoms with Gasteiger partial charge in [0.1, 0.15) is 120 Å². The molecule has 7 aromatic rings. The number of aromatic hydroxyl groups is 3. The fourth-order valence-electron chi connectivity index (χ4n) is 15.7. The highest BCUT2D eigenvalue weighted by atomic mass is 35.5. The van der Waals surface area contributed by atoms with Crippen LogP contribution in [0.15, 0.2) is 115 Å². The molecular formula is C84H93Cl4N11O28. The lowest BCUT2D eigenvalue weighted by atomic mass is 9.86. The van der Waals surface area contributed by atoms with Crippen LogP contribution in [0.5, 0.6) is 46.0 Å². The zero-order valence-corrected chi connectivity index (χ0v) is 71.0. The summed E-state index contributed by atoms with van der Waals surface area (Å²) in [7, 11) is 1.46. The van der Waals surface area contributed by atoms with Crippen molar-refractivity contribution in [3.8, 4) is 68.4 Å². The molecule has 680 valence electrons. The predicted molar refractivity (Wildman–Crippen MR) is 446 cm³/mol. The summed E-state index contributed by atoms with van der Waals surface area (Å²) < 4.78 is 51.2. The minimum absolute atomic E-state index is 0.120. The maximum atomic E-state index is 16.4. The van der Waals surface area contributed by atoms with Crippen molar-refractivity contribution in [2.45, 2.75) is 193 Å². The number of nitrogens with zero attached hydrogens (tertiary/aromatic N) is 1. The van der Waals surface area contributed by atoms with Gasteiger partial charge in [0, 0.05) is 59.6 Å². The van der Waals surface area contributed by atoms with Gasteiger partial charge in [-0.25, -0.2) is 4.79 Å². The number of nitrogens with two attached hydrogens (primary N) is 2. The second-order valence-electron chi connectivity index (χ2n) is 32.2. The third kappa shape index (κ3) is 20.7. The summed E-state index contributed by atoms with van der Waals surface area (Å²) in [6.07, 6.45) is -27.8. The molecule has 8 aliphatic rings. The van der Waals surface area contributed by atoms with Crippen molar-refractivity contribution in [3.63, 3.8) is 0 Å². The van der Waals surface area contributed by atoms with Gasteiger partial charge in [-0.3, -0.25) is 38.5 Å². The number of phenolic OH excluding ortho intramolecular Hbond substituents is 3. The van der Waals surface area contributed by atoms with E-state index in [-0.39, 0.29) is 43.0 Å². The zero-order chi connectivity index (χ0) is 91.8. The van der Waals surface area contributed by atoms with Gasteiger partial charge in [0.25, 0.3) is 0 Å². The number of carbonyl (C=O) groups excluding carboxylic acids is 7. The number of primary amides is 1. The summed E-state index contributed by atoms with van der Waals surface area (Å²) in [6, 6.07) is 7.40. The molecule has 15 rings (SSSR count). The van der Waals surface area contributed by atoms with Crippen LogP contribution in [0, 0.1) is 5.92 Å². The van der Waals surface area contributed by atoms with Crippen molar-refractivity contribution in [1.82, 2.24) is 47.5 Å². The molecule has 0 saturated carbocycles. The van der Waals surface area contributed by atoms with Gasteiger partial charge in [-0.05, 0) is 134 Å². The topological polar surface area (TPSA) is 614 Å². The molecule has 0 radical (unpaired) electrons. The number of aliphatic hydroxyl groups is 8. The van der Waals surface area contributed by atoms with E-state index in [9.17, 15) is 75.7 Å². The molecule has 6 aromatic carbocycles. The summed E-state index contributed by atoms with van der Waals surface area (Å²) >= 11 is 26.9. The molecule has 1 aromatic heterocycles. The van der Waals surface area contributed by atoms with Crippen LogP contribution in [-0.4, -0.2) is 243 Å². The van der Waals surface area contributed by atoms with Crippen LogP contribution >= 0.6 is 46.4 Å². The van der Waals surface area contributed by atoms with E-state index in [1.165, 1.54) is 33.0 Å². The maximum Gasteiger partial charge on any atom is 0.330 e. The first-order valence-corrected chi connectivity index (χ1v) is 41.4. The number of aromatic nitrogens is 1. The summed E-state index contributed by atoms with van der Waals surface area (Å²) in [5.74, 6) is -16.7. The van der Waals surface area contributed by atoms with E-state index < -0.39 is 284 Å². The fraction of sp³-hybridized carbons (Fsp3) is 0.417. The van der Waals surface area contributed by atoms with E-state index in [0.717, 1.165) is 66.7 Å². The molecule has 43 heteroatoms. The number of hydrogen-bond donors (Lipinski definition) is 22. The number of ether oxygens (including phenoxy) is 8. The quantitative estimate of drug-likeness (QED) is 0.0519. The third-order valence-electron chi connectivity index (χ3n) is 22.4. The van der Waals surface area contributed by atoms with Gasteiger partial charge in [-0.1, -0.05) is 90.6 Å². The number of benzene rings is 6. The highest BCUT2D eigenvalue weighted by molar-refractivity contribution is 6.42. The number of nitrogens with one attached hydrogen (secondary N) is 8. The second kappa shape index (κ2) is 39.2. The molecule has 1 unspecified atom stereocenters. The predicted octanol–water partition coefficient (Wildman–Crippen LogP) is 2.10. The Morgan fingerprint density at radius 3 is 1.92 bits per heavy atom. The first kappa shape index (κ1) is 94.2. The number of hydrogen-bond acceptors (Lipinski definition) is 31. The molecule has 23 atom stereocenters. The highest BCUT2D eigenvalue weighted by Crippen LogP contribution is 2.51. The van der Waals surface area contributed by atoms with Crippen LogP contribution in [0.1, 0.15) is 111 Å². The van der Waals surface area contributed by atoms with Crippen molar-refractivity contribution >= 4 is 93.7 Å². The fourth-order valence-corrected chi connectivity index (χ4v) is 16.5. The van der Waals surface area contributed by atoms with Crippen molar-refractivity contribution in [1.29, 1.82) is 0 Å². The minimum Gasteiger partial charge on any atom is -0.508 e. The van der Waals surface area contributed by atoms with Crippen molar-refractivity contribution < 1.29 is 138 Å². The van der Waals surface area contributed by atoms with Crippen LogP contribution in [0.3, 0.4) is 0 Å². The van der Waals surface area contributed by atoms with Crippen molar-refractivity contribution in [2.75, 3.05) is 20.2 Å². The summed E-state index contributed by atoms with van der Waals surface area (Å²) in [5, 5.41) is 160. The van der Waals surface area contributed by atoms with Crippen LogP contribution in [-0.2, 0) is 68.6 Å². The lowest BCUT2D eigenvalue weighted by Gasteiger charge is -2.46. The Balaban J connectivity index is 0.957. The molecule has 24 N–H and O–H groups in total. The normalized spacial score (nSPS) is 29.5. The number of aliphatic hydroxyl groups excluding tert-OH is 8. The van der Waals surface area contributed by atoms with Crippen LogP contribution < -0.4 is 68.2 Å². The zero-order valence-electron chi connectivity index (χ0n) is 68.0. The van der Waals surface area contributed by atoms with Crippen molar-refractivity contribution in [3.05, 3.63) is 169 Å². The molecule has 3 saturated heterocycles. The Morgan fingerprint density at radius 2 is 1.29 bits per heavy atom. The number of amides is 7. The van der Waals surface area contributed by atoms with E-state index in [0.29, 0.717) is 26.9 Å². The van der Waals surface area contributed by atoms with Gasteiger partial charge in [0.05, 0.1) is 57.1 Å². The first-order valence-electron chi connectivity index (χ1n) is 39.9. The van der Waals surface area contributed by atoms with Gasteiger partial charge in [-0.2, -0.15) is 0 Å². The van der Waals surface area contributed by atoms with Crippen LogP contribution in [0.2, 0.25) is 20.1 Å². The van der Waals surface area contributed by atoms with Crippen molar-refractivity contribution in [2.24, 2.45) is 17.4 Å². The summed E-state index contributed by atoms with van der Waals surface area (Å²) in [5.41, 5.74) is 9.87. The van der Waals surface area contributed by atoms with E-state index in [2.05, 4.69) is 47.5 Å². The second-order valence-corrected chi connectivity index (χ2v) is 33.8. The van der Waals surface area contributed by atoms with E-state index >= 15 is 24.0 Å². The molecule has 39 nitrogen and oxygen atoms in total. The molecule has 3 fully saturated rings. The molecule has 11 bridgehead atoms. The monoisotopic (exact) mass is 1840 g/mol. The molecule has 127 heavy (non-hydrogen) atoms. The first-order chi connectivity index (χ1) is 60.2. The van der Waals surface area contributed by atoms with Gasteiger partial charge < -0.3 is 153 Å². The van der Waals surface area contributed by atoms with Gasteiger partial charge in [0.2, 0.25) is 53.4 Å². The van der Waals surface area contributed by atoms with Gasteiger partial charge in [-0.15, -0.1) is 0 Å². The van der Waals surface area contributed by atoms with E-state index in [4.69, 9.17) is 95.8 Å². The number of aliphatic carboxylic acids is 1. The highest BCUT2D eigenvalue weighted by Gasteiger charge is 2.53. The Labute approximate surface area is 743 Å². The molecule has 7 amide bonds. The smallest absolute Gasteiger partial charge is 0.330 e. The lowest BCUT2D eigenvalue weighted by Crippen LogP contribution is -2.65. The molecule has 0 aliphatic carbocycles. The number of carboxylic acid groups (broad SMARTS) is 1. The number of rotatable bonds is 20. The van der Waals surface area contributed by atoms with E-state index in [1.54, 1.807) is 50.4 Å². The molecule has 8 aliphatic heterocycles.